The summed E-state index contributed by atoms with van der Waals surface area (Å²) in [4.78, 5) is 4.14. The lowest BCUT2D eigenvalue weighted by molar-refractivity contribution is 0.355. The molecule has 0 amide bonds. The highest BCUT2D eigenvalue weighted by Crippen LogP contribution is 2.44. The molecular weight excluding hydrogens is 320 g/mol. The molecule has 128 valence electrons. The van der Waals surface area contributed by atoms with Crippen molar-refractivity contribution in [3.05, 3.63) is 41.7 Å². The van der Waals surface area contributed by atoms with Crippen LogP contribution in [0.3, 0.4) is 0 Å². The van der Waals surface area contributed by atoms with Crippen LogP contribution in [0.2, 0.25) is 0 Å². The number of ether oxygens (including phenoxy) is 3. The molecule has 0 fully saturated rings. The summed E-state index contributed by atoms with van der Waals surface area (Å²) in [6, 6.07) is 5.79. The second kappa shape index (κ2) is 6.01. The van der Waals surface area contributed by atoms with E-state index < -0.39 is 0 Å². The van der Waals surface area contributed by atoms with Crippen molar-refractivity contribution in [3.8, 4) is 28.5 Å². The number of H-pyrrole nitrogens is 1. The zero-order valence-electron chi connectivity index (χ0n) is 14.2. The van der Waals surface area contributed by atoms with Gasteiger partial charge in [-0.25, -0.2) is 0 Å². The normalized spacial score (nSPS) is 11.6. The second-order valence-electron chi connectivity index (χ2n) is 5.67. The Morgan fingerprint density at radius 1 is 1.04 bits per heavy atom. The van der Waals surface area contributed by atoms with Gasteiger partial charge >= 0.3 is 0 Å². The lowest BCUT2D eigenvalue weighted by Crippen LogP contribution is -1.98. The van der Waals surface area contributed by atoms with Crippen LogP contribution in [0.1, 0.15) is 11.1 Å². The minimum absolute atomic E-state index is 0.701. The minimum atomic E-state index is 0.701. The first-order valence-corrected chi connectivity index (χ1v) is 7.82. The molecule has 0 atom stereocenters. The first kappa shape index (κ1) is 15.3. The Morgan fingerprint density at radius 2 is 1.80 bits per heavy atom. The maximum Gasteiger partial charge on any atom is 0.161 e. The van der Waals surface area contributed by atoms with E-state index in [-0.39, 0.29) is 0 Å². The van der Waals surface area contributed by atoms with Gasteiger partial charge in [0.25, 0.3) is 0 Å². The van der Waals surface area contributed by atoms with E-state index >= 15 is 0 Å². The zero-order chi connectivity index (χ0) is 17.4. The van der Waals surface area contributed by atoms with Gasteiger partial charge in [-0.2, -0.15) is 5.10 Å². The van der Waals surface area contributed by atoms with E-state index in [4.69, 9.17) is 14.2 Å². The summed E-state index contributed by atoms with van der Waals surface area (Å²) in [7, 11) is 4.90. The van der Waals surface area contributed by atoms with Crippen LogP contribution < -0.4 is 19.5 Å². The molecule has 1 aliphatic carbocycles. The summed E-state index contributed by atoms with van der Waals surface area (Å²) < 4.78 is 16.2. The van der Waals surface area contributed by atoms with Crippen molar-refractivity contribution in [1.29, 1.82) is 0 Å². The van der Waals surface area contributed by atoms with E-state index in [0.717, 1.165) is 40.5 Å². The van der Waals surface area contributed by atoms with Crippen molar-refractivity contribution in [2.75, 3.05) is 26.6 Å². The molecular formula is C18H18N4O3. The summed E-state index contributed by atoms with van der Waals surface area (Å²) in [6.07, 6.45) is 4.16. The number of fused-ring (bicyclic) bond motifs is 3. The summed E-state index contributed by atoms with van der Waals surface area (Å²) >= 11 is 0. The molecule has 2 aromatic heterocycles. The predicted molar refractivity (Wildman–Crippen MR) is 94.0 cm³/mol. The molecule has 2 heterocycles. The fourth-order valence-corrected chi connectivity index (χ4v) is 3.14. The molecule has 0 radical (unpaired) electrons. The quantitative estimate of drug-likeness (QED) is 0.582. The fourth-order valence-electron chi connectivity index (χ4n) is 3.14. The maximum atomic E-state index is 5.41. The molecule has 1 aliphatic rings. The van der Waals surface area contributed by atoms with Gasteiger partial charge in [0.1, 0.15) is 11.4 Å². The van der Waals surface area contributed by atoms with E-state index in [1.165, 1.54) is 5.56 Å². The van der Waals surface area contributed by atoms with Gasteiger partial charge in [0, 0.05) is 29.8 Å². The molecule has 25 heavy (non-hydrogen) atoms. The van der Waals surface area contributed by atoms with Crippen LogP contribution in [0.4, 0.5) is 11.5 Å². The van der Waals surface area contributed by atoms with Gasteiger partial charge < -0.3 is 19.5 Å². The van der Waals surface area contributed by atoms with E-state index in [1.54, 1.807) is 39.8 Å². The molecule has 0 saturated heterocycles. The Morgan fingerprint density at radius 3 is 2.56 bits per heavy atom. The van der Waals surface area contributed by atoms with Gasteiger partial charge in [-0.15, -0.1) is 0 Å². The van der Waals surface area contributed by atoms with Crippen molar-refractivity contribution in [1.82, 2.24) is 15.2 Å². The minimum Gasteiger partial charge on any atom is -0.494 e. The van der Waals surface area contributed by atoms with E-state index in [0.29, 0.717) is 11.5 Å². The van der Waals surface area contributed by atoms with E-state index in [9.17, 15) is 0 Å². The van der Waals surface area contributed by atoms with Gasteiger partial charge in [-0.05, 0) is 17.7 Å². The Labute approximate surface area is 145 Å². The van der Waals surface area contributed by atoms with Gasteiger partial charge in [-0.1, -0.05) is 0 Å². The van der Waals surface area contributed by atoms with Gasteiger partial charge in [0.15, 0.2) is 17.3 Å². The Hall–Kier alpha value is -3.22. The first-order chi connectivity index (χ1) is 12.2. The second-order valence-corrected chi connectivity index (χ2v) is 5.67. The summed E-state index contributed by atoms with van der Waals surface area (Å²) in [5, 5.41) is 10.8. The zero-order valence-corrected chi connectivity index (χ0v) is 14.2. The summed E-state index contributed by atoms with van der Waals surface area (Å²) in [5.74, 6) is 2.90. The summed E-state index contributed by atoms with van der Waals surface area (Å²) in [6.45, 7) is 0. The van der Waals surface area contributed by atoms with Crippen LogP contribution in [0.15, 0.2) is 30.6 Å². The smallest absolute Gasteiger partial charge is 0.161 e. The largest absolute Gasteiger partial charge is 0.494 e. The van der Waals surface area contributed by atoms with E-state index in [2.05, 4.69) is 20.5 Å². The number of pyridine rings is 1. The number of benzene rings is 1. The molecule has 3 aromatic rings. The van der Waals surface area contributed by atoms with Crippen LogP contribution in [-0.2, 0) is 6.42 Å². The van der Waals surface area contributed by atoms with Gasteiger partial charge in [0.2, 0.25) is 0 Å². The average Bonchev–Trinajstić information content (AvgIpc) is 3.20. The highest BCUT2D eigenvalue weighted by molar-refractivity contribution is 5.82. The van der Waals surface area contributed by atoms with Crippen LogP contribution >= 0.6 is 0 Å². The van der Waals surface area contributed by atoms with Gasteiger partial charge in [-0.3, -0.25) is 10.1 Å². The van der Waals surface area contributed by atoms with Crippen molar-refractivity contribution in [2.24, 2.45) is 0 Å². The van der Waals surface area contributed by atoms with Crippen LogP contribution in [0.25, 0.3) is 11.3 Å². The highest BCUT2D eigenvalue weighted by Gasteiger charge is 2.27. The third-order valence-corrected chi connectivity index (χ3v) is 4.37. The van der Waals surface area contributed by atoms with Crippen LogP contribution in [-0.4, -0.2) is 36.5 Å². The predicted octanol–water partition coefficient (Wildman–Crippen LogP) is 3.15. The fraction of sp³-hybridized carbons (Fsp3) is 0.222. The van der Waals surface area contributed by atoms with Crippen molar-refractivity contribution in [3.63, 3.8) is 0 Å². The molecule has 0 aliphatic heterocycles. The number of nitrogens with zero attached hydrogens (tertiary/aromatic N) is 2. The Bertz CT molecular complexity index is 936. The SMILES string of the molecule is COc1ccncc1Nc1n[nH]c2c1Cc1cc(OC)c(OC)cc1-2. The van der Waals surface area contributed by atoms with Gasteiger partial charge in [0.05, 0.1) is 33.2 Å². The number of hydrogen-bond donors (Lipinski definition) is 2. The monoisotopic (exact) mass is 338 g/mol. The van der Waals surface area contributed by atoms with Crippen LogP contribution in [0, 0.1) is 0 Å². The third kappa shape index (κ3) is 2.44. The number of methoxy groups -OCH3 is 3. The Balaban J connectivity index is 1.72. The molecule has 2 N–H and O–H groups in total. The standard InChI is InChI=1S/C18H18N4O3/c1-23-14-4-5-19-9-13(14)20-18-12-6-10-7-15(24-2)16(25-3)8-11(10)17(12)21-22-18/h4-5,7-9H,6H2,1-3H3,(H2,20,21,22). The third-order valence-electron chi connectivity index (χ3n) is 4.37. The lowest BCUT2D eigenvalue weighted by atomic mass is 10.1. The number of rotatable bonds is 5. The van der Waals surface area contributed by atoms with Crippen molar-refractivity contribution < 1.29 is 14.2 Å². The Kier molecular flexibility index (Phi) is 3.68. The molecule has 4 rings (SSSR count). The molecule has 0 saturated carbocycles. The number of anilines is 2. The molecule has 0 unspecified atom stereocenters. The number of aromatic nitrogens is 3. The maximum absolute atomic E-state index is 5.41. The molecule has 0 bridgehead atoms. The topological polar surface area (TPSA) is 81.3 Å². The van der Waals surface area contributed by atoms with E-state index in [1.807, 2.05) is 12.1 Å². The average molecular weight is 338 g/mol. The molecule has 7 nitrogen and oxygen atoms in total. The lowest BCUT2D eigenvalue weighted by Gasteiger charge is -2.10. The van der Waals surface area contributed by atoms with Crippen molar-refractivity contribution >= 4 is 11.5 Å². The van der Waals surface area contributed by atoms with Crippen LogP contribution in [0.5, 0.6) is 17.2 Å². The highest BCUT2D eigenvalue weighted by atomic mass is 16.5. The molecule has 0 spiro atoms. The molecule has 1 aromatic carbocycles. The number of aromatic amines is 1. The molecule has 7 heteroatoms. The first-order valence-electron chi connectivity index (χ1n) is 7.82. The number of hydrogen-bond acceptors (Lipinski definition) is 6. The van der Waals surface area contributed by atoms with Crippen molar-refractivity contribution in [2.45, 2.75) is 6.42 Å². The number of nitrogens with one attached hydrogen (secondary N) is 2. The summed E-state index contributed by atoms with van der Waals surface area (Å²) in [5.41, 5.74) is 5.09.